The van der Waals surface area contributed by atoms with Crippen molar-refractivity contribution in [3.8, 4) is 17.5 Å². The van der Waals surface area contributed by atoms with Crippen LogP contribution in [-0.4, -0.2) is 15.8 Å². The van der Waals surface area contributed by atoms with Crippen molar-refractivity contribution in [1.82, 2.24) is 9.97 Å². The molecule has 1 heterocycles. The van der Waals surface area contributed by atoms with Crippen molar-refractivity contribution in [3.05, 3.63) is 58.4 Å². The van der Waals surface area contributed by atoms with E-state index < -0.39 is 10.8 Å². The third-order valence-corrected chi connectivity index (χ3v) is 6.51. The number of hydrogen-bond donors (Lipinski definition) is 0. The van der Waals surface area contributed by atoms with Crippen LogP contribution in [0.1, 0.15) is 38.4 Å². The van der Waals surface area contributed by atoms with Crippen LogP contribution in [0.5, 0.6) is 0 Å². The van der Waals surface area contributed by atoms with Crippen molar-refractivity contribution < 1.29 is 4.79 Å². The van der Waals surface area contributed by atoms with Gasteiger partial charge in [-0.2, -0.15) is 5.26 Å². The van der Waals surface area contributed by atoms with Crippen molar-refractivity contribution in [2.24, 2.45) is 11.3 Å². The van der Waals surface area contributed by atoms with Crippen molar-refractivity contribution in [2.45, 2.75) is 39.0 Å². The van der Waals surface area contributed by atoms with E-state index in [2.05, 4.69) is 18.0 Å². The third kappa shape index (κ3) is 2.53. The Kier molecular flexibility index (Phi) is 3.98. The van der Waals surface area contributed by atoms with E-state index in [1.54, 1.807) is 0 Å². The lowest BCUT2D eigenvalue weighted by Gasteiger charge is -2.50. The molecule has 136 valence electrons. The van der Waals surface area contributed by atoms with E-state index in [1.165, 1.54) is 0 Å². The zero-order chi connectivity index (χ0) is 19.4. The van der Waals surface area contributed by atoms with Gasteiger partial charge in [-0.15, -0.1) is 0 Å². The summed E-state index contributed by atoms with van der Waals surface area (Å²) in [5.41, 5.74) is 1.88. The summed E-state index contributed by atoms with van der Waals surface area (Å²) in [5, 5.41) is 10.1. The van der Waals surface area contributed by atoms with E-state index in [9.17, 15) is 10.1 Å². The minimum Gasteiger partial charge on any atom is -0.293 e. The van der Waals surface area contributed by atoms with Crippen LogP contribution >= 0.6 is 11.6 Å². The highest BCUT2D eigenvalue weighted by Gasteiger charge is 2.54. The van der Waals surface area contributed by atoms with E-state index >= 15 is 0 Å². The van der Waals surface area contributed by atoms with E-state index in [1.807, 2.05) is 50.4 Å². The molecule has 4 nitrogen and oxygen atoms in total. The molecule has 1 aromatic carbocycles. The number of allylic oxidation sites excluding steroid dienone is 2. The first-order chi connectivity index (χ1) is 12.8. The molecule has 0 radical (unpaired) electrons. The van der Waals surface area contributed by atoms with Crippen LogP contribution in [-0.2, 0) is 16.6 Å². The highest BCUT2D eigenvalue weighted by Crippen LogP contribution is 2.54. The zero-order valence-corrected chi connectivity index (χ0v) is 16.3. The molecule has 0 aliphatic heterocycles. The Morgan fingerprint density at radius 1 is 1.26 bits per heavy atom. The standard InChI is InChI=1S/C22H20ClN3O/c1-21(2)17-9-8-13-12-25-20(15-6-4-5-7-16(15)23)26-18(13)22(17,3)10-14(11-24)19(21)27/h4-7,10,12,17H,8-9H2,1-3H3/t17-,22-/m0/s1. The van der Waals surface area contributed by atoms with Crippen LogP contribution < -0.4 is 0 Å². The van der Waals surface area contributed by atoms with E-state index in [0.29, 0.717) is 10.8 Å². The Morgan fingerprint density at radius 2 is 2.00 bits per heavy atom. The van der Waals surface area contributed by atoms with Crippen LogP contribution in [0.2, 0.25) is 5.02 Å². The summed E-state index contributed by atoms with van der Waals surface area (Å²) in [6.45, 7) is 5.98. The normalized spacial score (nSPS) is 25.8. The molecule has 0 fully saturated rings. The SMILES string of the molecule is CC1(C)C(=O)C(C#N)=C[C@]2(C)c3nc(-c4ccccc4Cl)ncc3CC[C@@H]12. The van der Waals surface area contributed by atoms with Crippen molar-refractivity contribution in [2.75, 3.05) is 0 Å². The molecule has 2 aliphatic rings. The van der Waals surface area contributed by atoms with Gasteiger partial charge in [0.05, 0.1) is 16.3 Å². The number of ketones is 1. The maximum Gasteiger partial charge on any atom is 0.178 e. The summed E-state index contributed by atoms with van der Waals surface area (Å²) in [6.07, 6.45) is 5.38. The van der Waals surface area contributed by atoms with Crippen molar-refractivity contribution in [1.29, 1.82) is 5.26 Å². The average molecular weight is 378 g/mol. The minimum absolute atomic E-state index is 0.0729. The average Bonchev–Trinajstić information content (AvgIpc) is 2.65. The molecular formula is C22H20ClN3O. The van der Waals surface area contributed by atoms with Gasteiger partial charge in [0.2, 0.25) is 0 Å². The van der Waals surface area contributed by atoms with Crippen LogP contribution in [0.15, 0.2) is 42.1 Å². The Balaban J connectivity index is 1.95. The van der Waals surface area contributed by atoms with Gasteiger partial charge in [0.15, 0.2) is 11.6 Å². The molecule has 0 saturated heterocycles. The number of aryl methyl sites for hydroxylation is 1. The van der Waals surface area contributed by atoms with Crippen LogP contribution in [0, 0.1) is 22.7 Å². The molecule has 0 bridgehead atoms. The molecule has 0 N–H and O–H groups in total. The number of halogens is 1. The molecule has 27 heavy (non-hydrogen) atoms. The molecule has 2 atom stereocenters. The molecule has 2 aliphatic carbocycles. The predicted octanol–water partition coefficient (Wildman–Crippen LogP) is 4.68. The van der Waals surface area contributed by atoms with Crippen molar-refractivity contribution in [3.63, 3.8) is 0 Å². The smallest absolute Gasteiger partial charge is 0.178 e. The molecule has 0 unspecified atom stereocenters. The number of carbonyl (C=O) groups excluding carboxylic acids is 1. The molecule has 1 aromatic heterocycles. The highest BCUT2D eigenvalue weighted by atomic mass is 35.5. The first-order valence-corrected chi connectivity index (χ1v) is 9.46. The molecule has 2 aromatic rings. The summed E-state index contributed by atoms with van der Waals surface area (Å²) in [7, 11) is 0. The number of fused-ring (bicyclic) bond motifs is 3. The number of aromatic nitrogens is 2. The second-order valence-electron chi connectivity index (χ2n) is 8.14. The van der Waals surface area contributed by atoms with Crippen LogP contribution in [0.4, 0.5) is 0 Å². The number of rotatable bonds is 1. The van der Waals surface area contributed by atoms with Gasteiger partial charge in [-0.25, -0.2) is 9.97 Å². The maximum absolute atomic E-state index is 12.8. The quantitative estimate of drug-likeness (QED) is 0.723. The lowest BCUT2D eigenvalue weighted by Crippen LogP contribution is -2.51. The summed E-state index contributed by atoms with van der Waals surface area (Å²) in [4.78, 5) is 22.2. The zero-order valence-electron chi connectivity index (χ0n) is 15.6. The van der Waals surface area contributed by atoms with Gasteiger partial charge in [-0.3, -0.25) is 4.79 Å². The lowest BCUT2D eigenvalue weighted by molar-refractivity contribution is -0.128. The van der Waals surface area contributed by atoms with Crippen molar-refractivity contribution >= 4 is 17.4 Å². The van der Waals surface area contributed by atoms with Gasteiger partial charge >= 0.3 is 0 Å². The molecule has 0 amide bonds. The first-order valence-electron chi connectivity index (χ1n) is 9.08. The van der Waals surface area contributed by atoms with Crippen LogP contribution in [0.25, 0.3) is 11.4 Å². The molecule has 0 spiro atoms. The van der Waals surface area contributed by atoms with Gasteiger partial charge in [0, 0.05) is 22.6 Å². The number of nitriles is 1. The van der Waals surface area contributed by atoms with E-state index in [0.717, 1.165) is 29.7 Å². The number of benzene rings is 1. The second kappa shape index (κ2) is 6.00. The lowest BCUT2D eigenvalue weighted by atomic mass is 9.52. The summed E-state index contributed by atoms with van der Waals surface area (Å²) in [6, 6.07) is 9.60. The van der Waals surface area contributed by atoms with E-state index in [-0.39, 0.29) is 17.3 Å². The minimum atomic E-state index is -0.609. The fraction of sp³-hybridized carbons (Fsp3) is 0.364. The second-order valence-corrected chi connectivity index (χ2v) is 8.55. The topological polar surface area (TPSA) is 66.6 Å². The summed E-state index contributed by atoms with van der Waals surface area (Å²) in [5.74, 6) is 0.579. The Hall–Kier alpha value is -2.51. The highest BCUT2D eigenvalue weighted by molar-refractivity contribution is 6.33. The molecule has 4 rings (SSSR count). The van der Waals surface area contributed by atoms with E-state index in [4.69, 9.17) is 16.6 Å². The number of Topliss-reactive ketones (excluding diaryl/α,β-unsaturated/α-hetero) is 1. The van der Waals surface area contributed by atoms with Gasteiger partial charge < -0.3 is 0 Å². The molecule has 5 heteroatoms. The van der Waals surface area contributed by atoms with Gasteiger partial charge in [0.1, 0.15) is 6.07 Å². The van der Waals surface area contributed by atoms with Crippen LogP contribution in [0.3, 0.4) is 0 Å². The molecule has 0 saturated carbocycles. The maximum atomic E-state index is 12.8. The number of nitrogens with zero attached hydrogens (tertiary/aromatic N) is 3. The Labute approximate surface area is 163 Å². The summed E-state index contributed by atoms with van der Waals surface area (Å²) < 4.78 is 0. The largest absolute Gasteiger partial charge is 0.293 e. The fourth-order valence-corrected chi connectivity index (χ4v) is 5.05. The van der Waals surface area contributed by atoms with Gasteiger partial charge in [0.25, 0.3) is 0 Å². The fourth-order valence-electron chi connectivity index (χ4n) is 4.83. The first kappa shape index (κ1) is 17.9. The number of carbonyl (C=O) groups is 1. The monoisotopic (exact) mass is 377 g/mol. The van der Waals surface area contributed by atoms with Gasteiger partial charge in [-0.05, 0) is 36.5 Å². The third-order valence-electron chi connectivity index (χ3n) is 6.18. The summed E-state index contributed by atoms with van der Waals surface area (Å²) >= 11 is 6.34. The number of hydrogen-bond acceptors (Lipinski definition) is 4. The Morgan fingerprint density at radius 3 is 2.70 bits per heavy atom. The van der Waals surface area contributed by atoms with Gasteiger partial charge in [-0.1, -0.05) is 50.6 Å². The Bertz CT molecular complexity index is 1030. The molecular weight excluding hydrogens is 358 g/mol. The predicted molar refractivity (Wildman–Crippen MR) is 104 cm³/mol.